The van der Waals surface area contributed by atoms with Crippen LogP contribution >= 0.6 is 11.3 Å². The zero-order valence-corrected chi connectivity index (χ0v) is 22.3. The van der Waals surface area contributed by atoms with E-state index in [9.17, 15) is 9.59 Å². The van der Waals surface area contributed by atoms with E-state index in [0.717, 1.165) is 25.1 Å². The Morgan fingerprint density at radius 2 is 1.57 bits per heavy atom. The summed E-state index contributed by atoms with van der Waals surface area (Å²) < 4.78 is 5.61. The molecule has 1 aromatic heterocycles. The molecular formula is C30H35N3O3S. The number of thiophene rings is 1. The fraction of sp³-hybridized carbons (Fsp3) is 0.400. The third-order valence-corrected chi connectivity index (χ3v) is 8.48. The Bertz CT molecular complexity index is 1200. The van der Waals surface area contributed by atoms with Crippen molar-refractivity contribution in [2.45, 2.75) is 32.4 Å². The first-order chi connectivity index (χ1) is 18.1. The average molecular weight is 518 g/mol. The number of benzene rings is 2. The minimum Gasteiger partial charge on any atom is -0.367 e. The highest BCUT2D eigenvalue weighted by Crippen LogP contribution is 2.38. The summed E-state index contributed by atoms with van der Waals surface area (Å²) in [4.78, 5) is 33.3. The maximum absolute atomic E-state index is 13.1. The Hall–Kier alpha value is -3.00. The van der Waals surface area contributed by atoms with Gasteiger partial charge in [0.25, 0.3) is 0 Å². The molecule has 2 aromatic carbocycles. The molecule has 0 radical (unpaired) electrons. The fourth-order valence-corrected chi connectivity index (χ4v) is 6.30. The largest absolute Gasteiger partial charge is 0.367 e. The van der Waals surface area contributed by atoms with E-state index in [4.69, 9.17) is 4.74 Å². The second-order valence-corrected chi connectivity index (χ2v) is 10.8. The molecule has 6 nitrogen and oxygen atoms in total. The van der Waals surface area contributed by atoms with Gasteiger partial charge in [0, 0.05) is 50.6 Å². The lowest BCUT2D eigenvalue weighted by Gasteiger charge is -2.38. The van der Waals surface area contributed by atoms with Crippen LogP contribution in [0, 0.1) is 6.92 Å². The summed E-state index contributed by atoms with van der Waals surface area (Å²) in [6, 6.07) is 20.9. The van der Waals surface area contributed by atoms with Crippen LogP contribution in [0.2, 0.25) is 0 Å². The first-order valence-electron chi connectivity index (χ1n) is 13.1. The van der Waals surface area contributed by atoms with Gasteiger partial charge in [-0.1, -0.05) is 54.6 Å². The van der Waals surface area contributed by atoms with Crippen molar-refractivity contribution in [3.63, 3.8) is 0 Å². The van der Waals surface area contributed by atoms with E-state index >= 15 is 0 Å². The fourth-order valence-electron chi connectivity index (χ4n) is 5.39. The average Bonchev–Trinajstić information content (AvgIpc) is 3.41. The second-order valence-electron chi connectivity index (χ2n) is 9.83. The Labute approximate surface area is 223 Å². The molecular weight excluding hydrogens is 482 g/mol. The van der Waals surface area contributed by atoms with Gasteiger partial charge in [-0.05, 0) is 47.0 Å². The molecule has 1 saturated heterocycles. The second kappa shape index (κ2) is 12.0. The number of rotatable bonds is 8. The Morgan fingerprint density at radius 3 is 2.32 bits per heavy atom. The Morgan fingerprint density at radius 1 is 0.865 bits per heavy atom. The quantitative estimate of drug-likeness (QED) is 0.448. The SMILES string of the molecule is Cc1ccccc1C1c2ccsc2CCN1CCC(=O)N1CCN(C(=O)COCc2ccccc2)CC1. The van der Waals surface area contributed by atoms with E-state index < -0.39 is 0 Å². The third kappa shape index (κ3) is 6.12. The lowest BCUT2D eigenvalue weighted by Crippen LogP contribution is -2.51. The molecule has 0 spiro atoms. The molecule has 0 bridgehead atoms. The molecule has 5 rings (SSSR count). The van der Waals surface area contributed by atoms with Gasteiger partial charge < -0.3 is 14.5 Å². The molecule has 3 heterocycles. The molecule has 1 fully saturated rings. The van der Waals surface area contributed by atoms with Crippen LogP contribution in [0.15, 0.2) is 66.0 Å². The van der Waals surface area contributed by atoms with Gasteiger partial charge in [0.2, 0.25) is 11.8 Å². The molecule has 37 heavy (non-hydrogen) atoms. The highest BCUT2D eigenvalue weighted by molar-refractivity contribution is 7.10. The van der Waals surface area contributed by atoms with E-state index in [1.165, 1.54) is 21.6 Å². The first-order valence-corrected chi connectivity index (χ1v) is 14.0. The highest BCUT2D eigenvalue weighted by atomic mass is 32.1. The normalized spacial score (nSPS) is 18.0. The summed E-state index contributed by atoms with van der Waals surface area (Å²) in [5.74, 6) is 0.163. The van der Waals surface area contributed by atoms with Gasteiger partial charge in [-0.3, -0.25) is 14.5 Å². The lowest BCUT2D eigenvalue weighted by atomic mass is 9.90. The minimum atomic E-state index is -0.0102. The van der Waals surface area contributed by atoms with Gasteiger partial charge in [0.15, 0.2) is 0 Å². The van der Waals surface area contributed by atoms with Crippen molar-refractivity contribution in [3.05, 3.63) is 93.2 Å². The predicted molar refractivity (Wildman–Crippen MR) is 146 cm³/mol. The van der Waals surface area contributed by atoms with E-state index in [1.54, 1.807) is 0 Å². The highest BCUT2D eigenvalue weighted by Gasteiger charge is 2.31. The summed E-state index contributed by atoms with van der Waals surface area (Å²) in [6.07, 6.45) is 1.53. The van der Waals surface area contributed by atoms with Crippen LogP contribution in [0.3, 0.4) is 0 Å². The summed E-state index contributed by atoms with van der Waals surface area (Å²) in [5, 5.41) is 2.19. The van der Waals surface area contributed by atoms with Gasteiger partial charge in [0.1, 0.15) is 6.61 Å². The molecule has 3 aromatic rings. The maximum Gasteiger partial charge on any atom is 0.248 e. The smallest absolute Gasteiger partial charge is 0.248 e. The molecule has 0 aliphatic carbocycles. The minimum absolute atomic E-state index is 0.0102. The monoisotopic (exact) mass is 517 g/mol. The van der Waals surface area contributed by atoms with E-state index in [2.05, 4.69) is 47.5 Å². The van der Waals surface area contributed by atoms with Crippen molar-refractivity contribution in [2.24, 2.45) is 0 Å². The van der Waals surface area contributed by atoms with E-state index in [1.807, 2.05) is 51.5 Å². The molecule has 2 aliphatic heterocycles. The van der Waals surface area contributed by atoms with Crippen molar-refractivity contribution < 1.29 is 14.3 Å². The Kier molecular flexibility index (Phi) is 8.34. The standard InChI is InChI=1S/C30H35N3O3S/c1-23-7-5-6-10-25(23)30-26-13-20-37-27(26)11-14-33(30)15-12-28(34)31-16-18-32(19-17-31)29(35)22-36-21-24-8-3-2-4-9-24/h2-10,13,20,30H,11-12,14-19,21-22H2,1H3. The van der Waals surface area contributed by atoms with Crippen LogP contribution in [0.25, 0.3) is 0 Å². The number of ether oxygens (including phenoxy) is 1. The van der Waals surface area contributed by atoms with Gasteiger partial charge in [-0.2, -0.15) is 0 Å². The molecule has 0 saturated carbocycles. The van der Waals surface area contributed by atoms with Crippen LogP contribution < -0.4 is 0 Å². The number of fused-ring (bicyclic) bond motifs is 1. The number of piperazine rings is 1. The summed E-state index contributed by atoms with van der Waals surface area (Å²) >= 11 is 1.84. The number of hydrogen-bond acceptors (Lipinski definition) is 5. The molecule has 7 heteroatoms. The van der Waals surface area contributed by atoms with Gasteiger partial charge in [-0.25, -0.2) is 0 Å². The van der Waals surface area contributed by atoms with Crippen LogP contribution in [-0.4, -0.2) is 72.4 Å². The number of aryl methyl sites for hydroxylation is 1. The molecule has 0 N–H and O–H groups in total. The maximum atomic E-state index is 13.1. The zero-order chi connectivity index (χ0) is 25.6. The summed E-state index contributed by atoms with van der Waals surface area (Å²) in [7, 11) is 0. The van der Waals surface area contributed by atoms with E-state index in [-0.39, 0.29) is 24.5 Å². The molecule has 1 atom stereocenters. The molecule has 2 aliphatic rings. The Balaban J connectivity index is 1.11. The van der Waals surface area contributed by atoms with Crippen LogP contribution in [0.1, 0.15) is 39.6 Å². The first kappa shape index (κ1) is 25.6. The van der Waals surface area contributed by atoms with Crippen LogP contribution in [-0.2, 0) is 27.4 Å². The van der Waals surface area contributed by atoms with Crippen molar-refractivity contribution in [1.29, 1.82) is 0 Å². The topological polar surface area (TPSA) is 53.1 Å². The number of carbonyl (C=O) groups is 2. The summed E-state index contributed by atoms with van der Waals surface area (Å²) in [6.45, 7) is 6.66. The third-order valence-electron chi connectivity index (χ3n) is 7.48. The number of amides is 2. The van der Waals surface area contributed by atoms with Crippen molar-refractivity contribution >= 4 is 23.2 Å². The lowest BCUT2D eigenvalue weighted by molar-refractivity contribution is -0.142. The number of hydrogen-bond donors (Lipinski definition) is 0. The van der Waals surface area contributed by atoms with Gasteiger partial charge in [0.05, 0.1) is 12.6 Å². The van der Waals surface area contributed by atoms with Crippen LogP contribution in [0.5, 0.6) is 0 Å². The van der Waals surface area contributed by atoms with Gasteiger partial charge in [-0.15, -0.1) is 11.3 Å². The van der Waals surface area contributed by atoms with E-state index in [0.29, 0.717) is 39.2 Å². The number of carbonyl (C=O) groups excluding carboxylic acids is 2. The predicted octanol–water partition coefficient (Wildman–Crippen LogP) is 4.28. The van der Waals surface area contributed by atoms with Crippen molar-refractivity contribution in [2.75, 3.05) is 45.9 Å². The molecule has 1 unspecified atom stereocenters. The summed E-state index contributed by atoms with van der Waals surface area (Å²) in [5.41, 5.74) is 5.06. The molecule has 194 valence electrons. The number of nitrogens with zero attached hydrogens (tertiary/aromatic N) is 3. The molecule has 2 amide bonds. The zero-order valence-electron chi connectivity index (χ0n) is 21.5. The van der Waals surface area contributed by atoms with Crippen molar-refractivity contribution in [1.82, 2.24) is 14.7 Å². The van der Waals surface area contributed by atoms with Crippen LogP contribution in [0.4, 0.5) is 0 Å². The van der Waals surface area contributed by atoms with Crippen molar-refractivity contribution in [3.8, 4) is 0 Å². The van der Waals surface area contributed by atoms with Gasteiger partial charge >= 0.3 is 0 Å².